The molecule has 3 aromatic rings. The summed E-state index contributed by atoms with van der Waals surface area (Å²) in [6, 6.07) is 8.87. The van der Waals surface area contributed by atoms with Crippen molar-refractivity contribution in [1.82, 2.24) is 19.6 Å². The third-order valence-corrected chi connectivity index (χ3v) is 4.67. The van der Waals surface area contributed by atoms with Crippen molar-refractivity contribution in [3.8, 4) is 0 Å². The number of hydrogen-bond donors (Lipinski definition) is 3. The molecule has 0 bridgehead atoms. The highest BCUT2D eigenvalue weighted by Crippen LogP contribution is 2.35. The molecule has 3 heterocycles. The predicted octanol–water partition coefficient (Wildman–Crippen LogP) is -0.296. The lowest BCUT2D eigenvalue weighted by Gasteiger charge is -2.13. The third kappa shape index (κ3) is 3.10. The Labute approximate surface area is 153 Å². The predicted molar refractivity (Wildman–Crippen MR) is 92.0 cm³/mol. The Morgan fingerprint density at radius 1 is 1.15 bits per heavy atom. The minimum absolute atomic E-state index is 0.0279. The van der Waals surface area contributed by atoms with E-state index in [9.17, 15) is 20.1 Å². The Kier molecular flexibility index (Phi) is 4.66. The number of rotatable bonds is 5. The summed E-state index contributed by atoms with van der Waals surface area (Å²) in [6.45, 7) is -0.417. The summed E-state index contributed by atoms with van der Waals surface area (Å²) in [5, 5.41) is 33.7. The van der Waals surface area contributed by atoms with Gasteiger partial charge in [0.25, 0.3) is 0 Å². The largest absolute Gasteiger partial charge is 0.394 e. The van der Waals surface area contributed by atoms with Crippen LogP contribution < -0.4 is 0 Å². The Morgan fingerprint density at radius 3 is 2.63 bits per heavy atom. The van der Waals surface area contributed by atoms with E-state index < -0.39 is 31.0 Å². The average molecular weight is 370 g/mol. The van der Waals surface area contributed by atoms with E-state index >= 15 is 0 Å². The number of aliphatic hydroxyl groups is 3. The van der Waals surface area contributed by atoms with Gasteiger partial charge in [0.2, 0.25) is 0 Å². The van der Waals surface area contributed by atoms with Gasteiger partial charge in [-0.05, 0) is 0 Å². The number of hydrogen-bond acceptors (Lipinski definition) is 8. The second kappa shape index (κ2) is 7.12. The number of benzene rings is 1. The van der Waals surface area contributed by atoms with E-state index in [1.54, 1.807) is 24.3 Å². The van der Waals surface area contributed by atoms with Crippen LogP contribution in [0, 0.1) is 0 Å². The van der Waals surface area contributed by atoms with E-state index in [2.05, 4.69) is 15.1 Å². The van der Waals surface area contributed by atoms with Gasteiger partial charge >= 0.3 is 0 Å². The summed E-state index contributed by atoms with van der Waals surface area (Å²) in [5.41, 5.74) is 1.39. The molecule has 0 unspecified atom stereocenters. The SMILES string of the molecule is O=C(Cc1ncnc2c([C@@H]3O[C@H](CO)[C@@H](O)[C@H]3O)cnn12)c1ccccc1. The van der Waals surface area contributed by atoms with Crippen molar-refractivity contribution in [2.75, 3.05) is 6.61 Å². The highest BCUT2D eigenvalue weighted by molar-refractivity contribution is 5.97. The highest BCUT2D eigenvalue weighted by Gasteiger charge is 2.44. The number of ether oxygens (including phenoxy) is 1. The van der Waals surface area contributed by atoms with Gasteiger partial charge in [0, 0.05) is 11.1 Å². The zero-order valence-corrected chi connectivity index (χ0v) is 14.2. The normalized spacial score (nSPS) is 25.1. The van der Waals surface area contributed by atoms with Crippen LogP contribution in [0.4, 0.5) is 0 Å². The van der Waals surface area contributed by atoms with Crippen molar-refractivity contribution >= 4 is 11.4 Å². The Hall–Kier alpha value is -2.72. The first-order valence-electron chi connectivity index (χ1n) is 8.48. The molecule has 4 atom stereocenters. The maximum Gasteiger partial charge on any atom is 0.170 e. The van der Waals surface area contributed by atoms with Crippen LogP contribution in [0.25, 0.3) is 5.65 Å². The number of ketones is 1. The van der Waals surface area contributed by atoms with Crippen molar-refractivity contribution < 1.29 is 24.9 Å². The van der Waals surface area contributed by atoms with Crippen LogP contribution in [-0.2, 0) is 11.2 Å². The number of carbonyl (C=O) groups is 1. The fourth-order valence-electron chi connectivity index (χ4n) is 3.23. The first-order valence-corrected chi connectivity index (χ1v) is 8.48. The number of carbonyl (C=O) groups excluding carboxylic acids is 1. The van der Waals surface area contributed by atoms with Gasteiger partial charge < -0.3 is 20.1 Å². The molecule has 27 heavy (non-hydrogen) atoms. The van der Waals surface area contributed by atoms with E-state index in [1.165, 1.54) is 17.0 Å². The zero-order valence-electron chi connectivity index (χ0n) is 14.2. The molecule has 0 spiro atoms. The molecule has 2 aromatic heterocycles. The maximum atomic E-state index is 12.5. The van der Waals surface area contributed by atoms with Gasteiger partial charge in [-0.1, -0.05) is 30.3 Å². The van der Waals surface area contributed by atoms with E-state index in [1.807, 2.05) is 6.07 Å². The summed E-state index contributed by atoms with van der Waals surface area (Å²) < 4.78 is 6.97. The quantitative estimate of drug-likeness (QED) is 0.522. The summed E-state index contributed by atoms with van der Waals surface area (Å²) in [6.07, 6.45) is -1.41. The minimum atomic E-state index is -1.22. The molecule has 9 heteroatoms. The topological polar surface area (TPSA) is 130 Å². The summed E-state index contributed by atoms with van der Waals surface area (Å²) in [7, 11) is 0. The number of aliphatic hydroxyl groups excluding tert-OH is 3. The number of Topliss-reactive ketones (excluding diaryl/α,β-unsaturated/α-hetero) is 1. The smallest absolute Gasteiger partial charge is 0.170 e. The molecule has 0 saturated carbocycles. The lowest BCUT2D eigenvalue weighted by atomic mass is 10.0. The van der Waals surface area contributed by atoms with Gasteiger partial charge in [-0.3, -0.25) is 4.79 Å². The van der Waals surface area contributed by atoms with E-state index in [4.69, 9.17) is 4.74 Å². The summed E-state index contributed by atoms with van der Waals surface area (Å²) in [4.78, 5) is 20.8. The van der Waals surface area contributed by atoms with Crippen LogP contribution >= 0.6 is 0 Å². The van der Waals surface area contributed by atoms with Crippen molar-refractivity contribution in [2.24, 2.45) is 0 Å². The molecule has 1 aromatic carbocycles. The van der Waals surface area contributed by atoms with Crippen LogP contribution in [0.15, 0.2) is 42.9 Å². The first kappa shape index (κ1) is 17.7. The van der Waals surface area contributed by atoms with Gasteiger partial charge in [-0.2, -0.15) is 5.10 Å². The van der Waals surface area contributed by atoms with Crippen LogP contribution in [0.1, 0.15) is 27.8 Å². The Morgan fingerprint density at radius 2 is 1.93 bits per heavy atom. The van der Waals surface area contributed by atoms with Crippen LogP contribution in [-0.4, -0.2) is 65.6 Å². The molecule has 0 aliphatic carbocycles. The molecule has 0 radical (unpaired) electrons. The van der Waals surface area contributed by atoms with Crippen molar-refractivity contribution in [2.45, 2.75) is 30.8 Å². The van der Waals surface area contributed by atoms with Crippen LogP contribution in [0.2, 0.25) is 0 Å². The number of aromatic nitrogens is 4. The van der Waals surface area contributed by atoms with E-state index in [0.717, 1.165) is 0 Å². The van der Waals surface area contributed by atoms with Crippen molar-refractivity contribution in [3.63, 3.8) is 0 Å². The number of nitrogens with zero attached hydrogens (tertiary/aromatic N) is 4. The third-order valence-electron chi connectivity index (χ3n) is 4.67. The van der Waals surface area contributed by atoms with Crippen molar-refractivity contribution in [1.29, 1.82) is 0 Å². The second-order valence-electron chi connectivity index (χ2n) is 6.35. The molecule has 9 nitrogen and oxygen atoms in total. The average Bonchev–Trinajstić information content (AvgIpc) is 3.25. The molecule has 1 fully saturated rings. The minimum Gasteiger partial charge on any atom is -0.394 e. The second-order valence-corrected chi connectivity index (χ2v) is 6.35. The Bertz CT molecular complexity index is 961. The maximum absolute atomic E-state index is 12.5. The molecule has 0 amide bonds. The van der Waals surface area contributed by atoms with Gasteiger partial charge in [0.05, 0.1) is 19.2 Å². The van der Waals surface area contributed by atoms with Gasteiger partial charge in [0.1, 0.15) is 36.6 Å². The fourth-order valence-corrected chi connectivity index (χ4v) is 3.23. The summed E-state index contributed by atoms with van der Waals surface area (Å²) in [5.74, 6) is 0.285. The standard InChI is InChI=1S/C18H18N4O5/c23-8-13-15(25)16(26)17(27-13)11-7-21-22-14(19-9-20-18(11)22)6-12(24)10-4-2-1-3-5-10/h1-5,7,9,13,15-17,23,25-26H,6,8H2/t13-,15-,16-,17+/m1/s1. The molecular weight excluding hydrogens is 352 g/mol. The zero-order chi connectivity index (χ0) is 19.0. The Balaban J connectivity index is 1.65. The van der Waals surface area contributed by atoms with Gasteiger partial charge in [-0.15, -0.1) is 0 Å². The monoisotopic (exact) mass is 370 g/mol. The van der Waals surface area contributed by atoms with Crippen LogP contribution in [0.3, 0.4) is 0 Å². The highest BCUT2D eigenvalue weighted by atomic mass is 16.6. The first-order chi connectivity index (χ1) is 13.1. The molecule has 1 aliphatic rings. The summed E-state index contributed by atoms with van der Waals surface area (Å²) >= 11 is 0. The van der Waals surface area contributed by atoms with Gasteiger partial charge in [0.15, 0.2) is 11.4 Å². The molecule has 3 N–H and O–H groups in total. The molecule has 1 saturated heterocycles. The lowest BCUT2D eigenvalue weighted by Crippen LogP contribution is -2.32. The van der Waals surface area contributed by atoms with Crippen molar-refractivity contribution in [3.05, 3.63) is 59.8 Å². The number of fused-ring (bicyclic) bond motifs is 1. The van der Waals surface area contributed by atoms with Gasteiger partial charge in [-0.25, -0.2) is 14.5 Å². The van der Waals surface area contributed by atoms with E-state index in [-0.39, 0.29) is 12.2 Å². The fraction of sp³-hybridized carbons (Fsp3) is 0.333. The lowest BCUT2D eigenvalue weighted by molar-refractivity contribution is -0.0224. The molecule has 140 valence electrons. The molecule has 4 rings (SSSR count). The molecular formula is C18H18N4O5. The molecule has 1 aliphatic heterocycles. The van der Waals surface area contributed by atoms with E-state index in [0.29, 0.717) is 22.6 Å². The van der Waals surface area contributed by atoms with Crippen LogP contribution in [0.5, 0.6) is 0 Å².